The van der Waals surface area contributed by atoms with Crippen molar-refractivity contribution in [1.29, 1.82) is 0 Å². The molecule has 1 saturated heterocycles. The molecule has 0 bridgehead atoms. The van der Waals surface area contributed by atoms with Crippen molar-refractivity contribution in [3.8, 4) is 0 Å². The van der Waals surface area contributed by atoms with E-state index >= 15 is 0 Å². The predicted molar refractivity (Wildman–Crippen MR) is 92.7 cm³/mol. The van der Waals surface area contributed by atoms with E-state index in [0.717, 1.165) is 42.2 Å². The molecule has 5 nitrogen and oxygen atoms in total. The summed E-state index contributed by atoms with van der Waals surface area (Å²) in [5.41, 5.74) is 1.86. The van der Waals surface area contributed by atoms with Crippen LogP contribution in [0.5, 0.6) is 0 Å². The second-order valence-electron chi connectivity index (χ2n) is 6.18. The number of imidazole rings is 1. The van der Waals surface area contributed by atoms with E-state index in [2.05, 4.69) is 34.8 Å². The highest BCUT2D eigenvalue weighted by molar-refractivity contribution is 7.99. The van der Waals surface area contributed by atoms with Crippen LogP contribution in [0.15, 0.2) is 29.4 Å². The SMILES string of the molecule is CCn1c(SCC(=O)NC2(C)CCCOC2)nc2ccccc21. The summed E-state index contributed by atoms with van der Waals surface area (Å²) in [6, 6.07) is 8.07. The van der Waals surface area contributed by atoms with Crippen LogP contribution in [0, 0.1) is 0 Å². The summed E-state index contributed by atoms with van der Waals surface area (Å²) in [4.78, 5) is 16.9. The fourth-order valence-corrected chi connectivity index (χ4v) is 3.88. The van der Waals surface area contributed by atoms with Gasteiger partial charge in [0.05, 0.1) is 28.9 Å². The molecule has 1 aliphatic rings. The number of amides is 1. The molecule has 0 spiro atoms. The van der Waals surface area contributed by atoms with Gasteiger partial charge in [-0.2, -0.15) is 0 Å². The Morgan fingerprint density at radius 3 is 3.04 bits per heavy atom. The van der Waals surface area contributed by atoms with Crippen LogP contribution in [0.1, 0.15) is 26.7 Å². The van der Waals surface area contributed by atoms with Gasteiger partial charge in [-0.3, -0.25) is 4.79 Å². The van der Waals surface area contributed by atoms with Crippen LogP contribution in [0.2, 0.25) is 0 Å². The zero-order valence-corrected chi connectivity index (χ0v) is 14.5. The van der Waals surface area contributed by atoms with Crippen molar-refractivity contribution in [2.24, 2.45) is 0 Å². The van der Waals surface area contributed by atoms with Gasteiger partial charge in [0.15, 0.2) is 5.16 Å². The van der Waals surface area contributed by atoms with Crippen LogP contribution >= 0.6 is 11.8 Å². The molecule has 2 heterocycles. The van der Waals surface area contributed by atoms with Crippen LogP contribution < -0.4 is 5.32 Å². The lowest BCUT2D eigenvalue weighted by Crippen LogP contribution is -2.52. The van der Waals surface area contributed by atoms with Crippen LogP contribution in [-0.4, -0.2) is 40.0 Å². The summed E-state index contributed by atoms with van der Waals surface area (Å²) in [5.74, 6) is 0.413. The van der Waals surface area contributed by atoms with Crippen LogP contribution in [-0.2, 0) is 16.1 Å². The molecule has 3 rings (SSSR count). The minimum Gasteiger partial charge on any atom is -0.379 e. The van der Waals surface area contributed by atoms with Crippen molar-refractivity contribution in [2.45, 2.75) is 43.9 Å². The van der Waals surface area contributed by atoms with Gasteiger partial charge in [0.25, 0.3) is 0 Å². The summed E-state index contributed by atoms with van der Waals surface area (Å²) < 4.78 is 7.64. The standard InChI is InChI=1S/C17H23N3O2S/c1-3-20-14-8-5-4-7-13(14)18-16(20)23-11-15(21)19-17(2)9-6-10-22-12-17/h4-5,7-8H,3,6,9-12H2,1-2H3,(H,19,21). The molecule has 0 saturated carbocycles. The molecule has 1 amide bonds. The van der Waals surface area contributed by atoms with E-state index in [-0.39, 0.29) is 11.4 Å². The van der Waals surface area contributed by atoms with Gasteiger partial charge in [0.2, 0.25) is 5.91 Å². The molecule has 1 fully saturated rings. The average Bonchev–Trinajstić information content (AvgIpc) is 2.90. The molecule has 1 unspecified atom stereocenters. The van der Waals surface area contributed by atoms with E-state index in [1.54, 1.807) is 0 Å². The fraction of sp³-hybridized carbons (Fsp3) is 0.529. The maximum atomic E-state index is 12.3. The number of nitrogens with zero attached hydrogens (tertiary/aromatic N) is 2. The number of aromatic nitrogens is 2. The fourth-order valence-electron chi connectivity index (χ4n) is 3.00. The first-order valence-corrected chi connectivity index (χ1v) is 9.07. The Hall–Kier alpha value is -1.53. The molecule has 0 radical (unpaired) electrons. The number of nitrogens with one attached hydrogen (secondary N) is 1. The Labute approximate surface area is 140 Å². The number of ether oxygens (including phenoxy) is 1. The molecule has 0 aliphatic carbocycles. The highest BCUT2D eigenvalue weighted by Crippen LogP contribution is 2.24. The monoisotopic (exact) mass is 333 g/mol. The van der Waals surface area contributed by atoms with Crippen LogP contribution in [0.25, 0.3) is 11.0 Å². The minimum absolute atomic E-state index is 0.0395. The van der Waals surface area contributed by atoms with E-state index in [9.17, 15) is 4.79 Å². The van der Waals surface area contributed by atoms with Crippen molar-refractivity contribution in [2.75, 3.05) is 19.0 Å². The molecule has 1 aliphatic heterocycles. The second-order valence-corrected chi connectivity index (χ2v) is 7.12. The van der Waals surface area contributed by atoms with Crippen molar-refractivity contribution in [3.05, 3.63) is 24.3 Å². The molecule has 1 atom stereocenters. The number of thioether (sulfide) groups is 1. The van der Waals surface area contributed by atoms with E-state index in [4.69, 9.17) is 4.74 Å². The Balaban J connectivity index is 1.65. The molecule has 1 N–H and O–H groups in total. The summed E-state index contributed by atoms with van der Waals surface area (Å²) in [6.45, 7) is 6.38. The Morgan fingerprint density at radius 1 is 1.48 bits per heavy atom. The molecule has 23 heavy (non-hydrogen) atoms. The van der Waals surface area contributed by atoms with Crippen molar-refractivity contribution in [3.63, 3.8) is 0 Å². The van der Waals surface area contributed by atoms with Gasteiger partial charge in [-0.15, -0.1) is 0 Å². The Bertz CT molecular complexity index is 692. The van der Waals surface area contributed by atoms with Gasteiger partial charge in [0.1, 0.15) is 0 Å². The average molecular weight is 333 g/mol. The number of aryl methyl sites for hydroxylation is 1. The number of carbonyl (C=O) groups excluding carboxylic acids is 1. The van der Waals surface area contributed by atoms with Gasteiger partial charge < -0.3 is 14.6 Å². The third-order valence-corrected chi connectivity index (χ3v) is 5.12. The molecule has 1 aromatic heterocycles. The smallest absolute Gasteiger partial charge is 0.230 e. The first-order chi connectivity index (χ1) is 11.1. The molecule has 6 heteroatoms. The number of fused-ring (bicyclic) bond motifs is 1. The third kappa shape index (κ3) is 3.70. The summed E-state index contributed by atoms with van der Waals surface area (Å²) >= 11 is 1.49. The van der Waals surface area contributed by atoms with Crippen molar-refractivity contribution in [1.82, 2.24) is 14.9 Å². The largest absolute Gasteiger partial charge is 0.379 e. The topological polar surface area (TPSA) is 56.2 Å². The first kappa shape index (κ1) is 16.3. The van der Waals surface area contributed by atoms with Gasteiger partial charge in [0, 0.05) is 13.2 Å². The van der Waals surface area contributed by atoms with E-state index in [0.29, 0.717) is 12.4 Å². The first-order valence-electron chi connectivity index (χ1n) is 8.08. The van der Waals surface area contributed by atoms with Crippen LogP contribution in [0.3, 0.4) is 0 Å². The molecule has 124 valence electrons. The number of hydrogen-bond donors (Lipinski definition) is 1. The lowest BCUT2D eigenvalue weighted by atomic mass is 9.95. The number of para-hydroxylation sites is 2. The van der Waals surface area contributed by atoms with Gasteiger partial charge in [-0.05, 0) is 38.8 Å². The maximum absolute atomic E-state index is 12.3. The highest BCUT2D eigenvalue weighted by atomic mass is 32.2. The summed E-state index contributed by atoms with van der Waals surface area (Å²) in [7, 11) is 0. The highest BCUT2D eigenvalue weighted by Gasteiger charge is 2.29. The zero-order valence-electron chi connectivity index (χ0n) is 13.7. The number of carbonyl (C=O) groups is 1. The molecule has 1 aromatic carbocycles. The van der Waals surface area contributed by atoms with E-state index < -0.39 is 0 Å². The Kier molecular flexibility index (Phi) is 4.92. The van der Waals surface area contributed by atoms with Gasteiger partial charge in [-0.25, -0.2) is 4.98 Å². The van der Waals surface area contributed by atoms with E-state index in [1.807, 2.05) is 18.2 Å². The van der Waals surface area contributed by atoms with Crippen LogP contribution in [0.4, 0.5) is 0 Å². The van der Waals surface area contributed by atoms with Gasteiger partial charge in [-0.1, -0.05) is 23.9 Å². The predicted octanol–water partition coefficient (Wildman–Crippen LogP) is 2.83. The quantitative estimate of drug-likeness (QED) is 0.855. The van der Waals surface area contributed by atoms with Crippen molar-refractivity contribution >= 4 is 28.7 Å². The number of hydrogen-bond acceptors (Lipinski definition) is 4. The molecular formula is C17H23N3O2S. The van der Waals surface area contributed by atoms with Gasteiger partial charge >= 0.3 is 0 Å². The number of benzene rings is 1. The number of rotatable bonds is 5. The lowest BCUT2D eigenvalue weighted by molar-refractivity contribution is -0.122. The maximum Gasteiger partial charge on any atom is 0.230 e. The summed E-state index contributed by atoms with van der Waals surface area (Å²) in [5, 5.41) is 4.01. The second kappa shape index (κ2) is 6.93. The Morgan fingerprint density at radius 2 is 2.30 bits per heavy atom. The van der Waals surface area contributed by atoms with E-state index in [1.165, 1.54) is 11.8 Å². The molecular weight excluding hydrogens is 310 g/mol. The van der Waals surface area contributed by atoms with Crippen molar-refractivity contribution < 1.29 is 9.53 Å². The lowest BCUT2D eigenvalue weighted by Gasteiger charge is -2.34. The normalized spacial score (nSPS) is 21.5. The molecule has 2 aromatic rings. The minimum atomic E-state index is -0.235. The third-order valence-electron chi connectivity index (χ3n) is 4.15. The zero-order chi connectivity index (χ0) is 16.3. The summed E-state index contributed by atoms with van der Waals surface area (Å²) in [6.07, 6.45) is 1.96.